The summed E-state index contributed by atoms with van der Waals surface area (Å²) in [5.41, 5.74) is 5.72. The van der Waals surface area contributed by atoms with Gasteiger partial charge < -0.3 is 9.67 Å². The Kier molecular flexibility index (Phi) is 4.93. The quantitative estimate of drug-likeness (QED) is 0.343. The number of hydrogen-bond donors (Lipinski definition) is 2. The number of imidazole rings is 1. The minimum atomic E-state index is -0.958. The van der Waals surface area contributed by atoms with Crippen molar-refractivity contribution in [1.82, 2.24) is 18.9 Å². The van der Waals surface area contributed by atoms with Gasteiger partial charge in [0.15, 0.2) is 3.95 Å². The summed E-state index contributed by atoms with van der Waals surface area (Å²) in [6, 6.07) is 21.4. The van der Waals surface area contributed by atoms with Gasteiger partial charge in [-0.2, -0.15) is 0 Å². The number of nitrogens with one attached hydrogen (secondary N) is 1. The maximum Gasteiger partial charge on any atom is 0.337 e. The second-order valence-corrected chi connectivity index (χ2v) is 8.46. The molecule has 0 spiro atoms. The highest BCUT2D eigenvalue weighted by molar-refractivity contribution is 7.73. The van der Waals surface area contributed by atoms with Crippen LogP contribution in [-0.4, -0.2) is 30.0 Å². The fraction of sp³-hybridized carbons (Fsp3) is 0.0435. The zero-order valence-corrected chi connectivity index (χ0v) is 17.8. The largest absolute Gasteiger partial charge is 0.478 e. The molecule has 0 unspecified atom stereocenters. The molecule has 0 saturated heterocycles. The number of carboxylic acids is 1. The fourth-order valence-electron chi connectivity index (χ4n) is 3.69. The van der Waals surface area contributed by atoms with Gasteiger partial charge in [-0.1, -0.05) is 54.6 Å². The fourth-order valence-corrected chi connectivity index (χ4v) is 4.38. The number of carboxylic acid groups (broad SMARTS) is 1. The average Bonchev–Trinajstić information content (AvgIpc) is 3.40. The number of hydrogen-bond acceptors (Lipinski definition) is 5. The molecule has 5 rings (SSSR count). The zero-order chi connectivity index (χ0) is 21.4. The van der Waals surface area contributed by atoms with E-state index in [-0.39, 0.29) is 5.56 Å². The van der Waals surface area contributed by atoms with Crippen LogP contribution >= 0.6 is 23.8 Å². The summed E-state index contributed by atoms with van der Waals surface area (Å²) >= 11 is 6.50. The Morgan fingerprint density at radius 2 is 1.81 bits per heavy atom. The van der Waals surface area contributed by atoms with Gasteiger partial charge in [0.2, 0.25) is 0 Å². The van der Waals surface area contributed by atoms with Crippen LogP contribution in [0.25, 0.3) is 33.5 Å². The Morgan fingerprint density at radius 1 is 1.03 bits per heavy atom. The molecule has 5 aromatic rings. The van der Waals surface area contributed by atoms with E-state index in [1.165, 1.54) is 11.5 Å². The number of aromatic nitrogens is 4. The number of nitrogens with zero attached hydrogens (tertiary/aromatic N) is 3. The van der Waals surface area contributed by atoms with Crippen molar-refractivity contribution in [2.24, 2.45) is 0 Å². The lowest BCUT2D eigenvalue weighted by atomic mass is 9.98. The van der Waals surface area contributed by atoms with Crippen LogP contribution in [0.1, 0.15) is 15.9 Å². The molecule has 2 N–H and O–H groups in total. The number of aromatic carboxylic acids is 1. The van der Waals surface area contributed by atoms with Gasteiger partial charge >= 0.3 is 5.97 Å². The van der Waals surface area contributed by atoms with Gasteiger partial charge in [-0.05, 0) is 52.6 Å². The maximum atomic E-state index is 11.6. The molecule has 0 amide bonds. The molecule has 2 heterocycles. The highest BCUT2D eigenvalue weighted by Gasteiger charge is 2.14. The monoisotopic (exact) mass is 444 g/mol. The van der Waals surface area contributed by atoms with Crippen molar-refractivity contribution >= 4 is 40.8 Å². The van der Waals surface area contributed by atoms with E-state index in [0.717, 1.165) is 28.1 Å². The molecule has 0 bridgehead atoms. The highest BCUT2D eigenvalue weighted by atomic mass is 32.2. The van der Waals surface area contributed by atoms with E-state index in [0.29, 0.717) is 21.5 Å². The Hall–Kier alpha value is -3.62. The molecule has 3 aromatic carbocycles. The second kappa shape index (κ2) is 7.90. The van der Waals surface area contributed by atoms with Gasteiger partial charge in [-0.25, -0.2) is 14.8 Å². The molecule has 2 aromatic heterocycles. The third kappa shape index (κ3) is 3.67. The zero-order valence-electron chi connectivity index (χ0n) is 16.1. The smallest absolute Gasteiger partial charge is 0.337 e. The van der Waals surface area contributed by atoms with Gasteiger partial charge in [-0.3, -0.25) is 4.37 Å². The molecule has 0 atom stereocenters. The standard InChI is InChI=1S/C23H16N4O2S2/c28-22(29)18-6-3-7-19-20(18)27(13-24-19)12-14-8-10-15(11-9-14)16-4-1-2-5-17(16)21-25-23(30)31-26-21/h1-11,13H,12H2,(H,28,29)(H,25,26,30). The molecule has 0 aliphatic carbocycles. The third-order valence-corrected chi connectivity index (χ3v) is 6.01. The molecule has 0 aliphatic heterocycles. The summed E-state index contributed by atoms with van der Waals surface area (Å²) in [5, 5.41) is 9.52. The van der Waals surface area contributed by atoms with E-state index in [1.807, 2.05) is 41.0 Å². The number of rotatable bonds is 5. The van der Waals surface area contributed by atoms with Gasteiger partial charge in [0.25, 0.3) is 0 Å². The summed E-state index contributed by atoms with van der Waals surface area (Å²) in [5.74, 6) is -0.193. The van der Waals surface area contributed by atoms with E-state index in [2.05, 4.69) is 32.5 Å². The Bertz CT molecular complexity index is 1470. The van der Waals surface area contributed by atoms with Crippen molar-refractivity contribution in [3.63, 3.8) is 0 Å². The topological polar surface area (TPSA) is 83.8 Å². The van der Waals surface area contributed by atoms with Crippen LogP contribution in [0.5, 0.6) is 0 Å². The maximum absolute atomic E-state index is 11.6. The Morgan fingerprint density at radius 3 is 2.52 bits per heavy atom. The lowest BCUT2D eigenvalue weighted by molar-refractivity contribution is 0.0698. The minimum Gasteiger partial charge on any atom is -0.478 e. The first-order valence-electron chi connectivity index (χ1n) is 9.51. The molecule has 0 fully saturated rings. The molecule has 31 heavy (non-hydrogen) atoms. The predicted molar refractivity (Wildman–Crippen MR) is 124 cm³/mol. The first kappa shape index (κ1) is 19.3. The van der Waals surface area contributed by atoms with Crippen LogP contribution in [0.4, 0.5) is 0 Å². The van der Waals surface area contributed by atoms with E-state index in [4.69, 9.17) is 12.2 Å². The number of benzene rings is 3. The van der Waals surface area contributed by atoms with Crippen molar-refractivity contribution in [3.05, 3.63) is 88.1 Å². The average molecular weight is 445 g/mol. The van der Waals surface area contributed by atoms with Crippen molar-refractivity contribution in [3.8, 4) is 22.5 Å². The summed E-state index contributed by atoms with van der Waals surface area (Å²) < 4.78 is 5.62. The highest BCUT2D eigenvalue weighted by Crippen LogP contribution is 2.31. The SMILES string of the molecule is O=C(O)c1cccc2ncn(Cc3ccc(-c4ccccc4-c4nc(=S)s[nH]4)cc3)c12. The first-order chi connectivity index (χ1) is 15.1. The van der Waals surface area contributed by atoms with Gasteiger partial charge in [0.1, 0.15) is 5.82 Å². The molecule has 0 radical (unpaired) electrons. The van der Waals surface area contributed by atoms with Crippen LogP contribution in [0.2, 0.25) is 0 Å². The summed E-state index contributed by atoms with van der Waals surface area (Å²) in [6.07, 6.45) is 1.69. The number of aromatic amines is 1. The van der Waals surface area contributed by atoms with Gasteiger partial charge in [-0.15, -0.1) is 0 Å². The summed E-state index contributed by atoms with van der Waals surface area (Å²) in [6.45, 7) is 0.530. The molecular formula is C23H16N4O2S2. The van der Waals surface area contributed by atoms with Crippen LogP contribution in [0, 0.1) is 3.95 Å². The van der Waals surface area contributed by atoms with Crippen LogP contribution in [0.3, 0.4) is 0 Å². The molecule has 6 nitrogen and oxygen atoms in total. The molecule has 0 saturated carbocycles. The number of para-hydroxylation sites is 1. The van der Waals surface area contributed by atoms with Crippen LogP contribution in [0.15, 0.2) is 73.1 Å². The lowest BCUT2D eigenvalue weighted by Gasteiger charge is -2.10. The summed E-state index contributed by atoms with van der Waals surface area (Å²) in [7, 11) is 0. The Labute approximate surface area is 186 Å². The lowest BCUT2D eigenvalue weighted by Crippen LogP contribution is -2.04. The number of fused-ring (bicyclic) bond motifs is 1. The minimum absolute atomic E-state index is 0.251. The van der Waals surface area contributed by atoms with Crippen molar-refractivity contribution in [1.29, 1.82) is 0 Å². The molecule has 8 heteroatoms. The predicted octanol–water partition coefficient (Wildman–Crippen LogP) is 5.63. The van der Waals surface area contributed by atoms with Gasteiger partial charge in [0, 0.05) is 12.1 Å². The van der Waals surface area contributed by atoms with Crippen LogP contribution < -0.4 is 0 Å². The third-order valence-electron chi connectivity index (χ3n) is 5.11. The number of carbonyl (C=O) groups is 1. The van der Waals surface area contributed by atoms with Crippen molar-refractivity contribution in [2.45, 2.75) is 6.54 Å². The van der Waals surface area contributed by atoms with E-state index < -0.39 is 5.97 Å². The van der Waals surface area contributed by atoms with E-state index >= 15 is 0 Å². The number of H-pyrrole nitrogens is 1. The Balaban J connectivity index is 1.48. The van der Waals surface area contributed by atoms with Crippen molar-refractivity contribution in [2.75, 3.05) is 0 Å². The first-order valence-corrected chi connectivity index (χ1v) is 10.7. The molecule has 152 valence electrons. The van der Waals surface area contributed by atoms with Crippen LogP contribution in [-0.2, 0) is 6.54 Å². The van der Waals surface area contributed by atoms with Gasteiger partial charge in [0.05, 0.1) is 22.9 Å². The summed E-state index contributed by atoms with van der Waals surface area (Å²) in [4.78, 5) is 20.4. The molecular weight excluding hydrogens is 428 g/mol. The normalized spacial score (nSPS) is 11.1. The second-order valence-electron chi connectivity index (χ2n) is 7.02. The van der Waals surface area contributed by atoms with Crippen molar-refractivity contribution < 1.29 is 9.90 Å². The van der Waals surface area contributed by atoms with E-state index in [1.54, 1.807) is 18.5 Å². The van der Waals surface area contributed by atoms with E-state index in [9.17, 15) is 9.90 Å². The molecule has 0 aliphatic rings.